The van der Waals surface area contributed by atoms with Crippen LogP contribution in [0.1, 0.15) is 19.3 Å². The summed E-state index contributed by atoms with van der Waals surface area (Å²) in [6.45, 7) is 0.800. The monoisotopic (exact) mass is 254 g/mol. The van der Waals surface area contributed by atoms with E-state index >= 15 is 0 Å². The number of hydrogen-bond donors (Lipinski definition) is 2. The van der Waals surface area contributed by atoms with Crippen LogP contribution in [0.5, 0.6) is 0 Å². The van der Waals surface area contributed by atoms with E-state index in [1.54, 1.807) is 0 Å². The van der Waals surface area contributed by atoms with Crippen molar-refractivity contribution in [3.05, 3.63) is 42.5 Å². The summed E-state index contributed by atoms with van der Waals surface area (Å²) in [7, 11) is 0. The van der Waals surface area contributed by atoms with Crippen molar-refractivity contribution < 1.29 is 4.79 Å². The van der Waals surface area contributed by atoms with Gasteiger partial charge in [0.15, 0.2) is 0 Å². The van der Waals surface area contributed by atoms with E-state index in [2.05, 4.69) is 41.0 Å². The average Bonchev–Trinajstić information content (AvgIpc) is 2.63. The van der Waals surface area contributed by atoms with Gasteiger partial charge in [-0.2, -0.15) is 0 Å². The Balaban J connectivity index is 1.78. The molecule has 2 aromatic rings. The highest BCUT2D eigenvalue weighted by Gasteiger charge is 2.16. The van der Waals surface area contributed by atoms with E-state index in [4.69, 9.17) is 0 Å². The van der Waals surface area contributed by atoms with Crippen LogP contribution < -0.4 is 10.6 Å². The van der Waals surface area contributed by atoms with Gasteiger partial charge in [-0.25, -0.2) is 0 Å². The lowest BCUT2D eigenvalue weighted by molar-refractivity contribution is -0.120. The Morgan fingerprint density at radius 1 is 1.11 bits per heavy atom. The molecule has 1 fully saturated rings. The maximum Gasteiger partial charge on any atom is 0.222 e. The Hall–Kier alpha value is -2.03. The fourth-order valence-electron chi connectivity index (χ4n) is 2.61. The van der Waals surface area contributed by atoms with Gasteiger partial charge >= 0.3 is 0 Å². The van der Waals surface area contributed by atoms with Gasteiger partial charge in [0.1, 0.15) is 0 Å². The lowest BCUT2D eigenvalue weighted by Crippen LogP contribution is -2.26. The Kier molecular flexibility index (Phi) is 3.36. The summed E-state index contributed by atoms with van der Waals surface area (Å²) in [5, 5.41) is 8.86. The molecule has 0 radical (unpaired) electrons. The summed E-state index contributed by atoms with van der Waals surface area (Å²) < 4.78 is 0. The van der Waals surface area contributed by atoms with E-state index in [0.29, 0.717) is 6.42 Å². The molecule has 3 heteroatoms. The molecule has 1 aliphatic heterocycles. The van der Waals surface area contributed by atoms with Gasteiger partial charge in [0.05, 0.1) is 0 Å². The molecule has 1 aliphatic rings. The zero-order valence-electron chi connectivity index (χ0n) is 10.9. The first kappa shape index (κ1) is 12.0. The zero-order valence-corrected chi connectivity index (χ0v) is 10.9. The number of benzene rings is 2. The van der Waals surface area contributed by atoms with Crippen LogP contribution >= 0.6 is 0 Å². The summed E-state index contributed by atoms with van der Waals surface area (Å²) in [6, 6.07) is 14.9. The molecule has 0 aliphatic carbocycles. The van der Waals surface area contributed by atoms with Gasteiger partial charge in [0.25, 0.3) is 0 Å². The fourth-order valence-corrected chi connectivity index (χ4v) is 2.61. The van der Waals surface area contributed by atoms with Gasteiger partial charge in [0, 0.05) is 24.7 Å². The van der Waals surface area contributed by atoms with Crippen LogP contribution in [0.4, 0.5) is 5.69 Å². The van der Waals surface area contributed by atoms with Crippen LogP contribution in [0.25, 0.3) is 10.8 Å². The van der Waals surface area contributed by atoms with Crippen LogP contribution in [0, 0.1) is 0 Å². The first-order valence-electron chi connectivity index (χ1n) is 6.83. The predicted molar refractivity (Wildman–Crippen MR) is 78.2 cm³/mol. The molecule has 98 valence electrons. The number of fused-ring (bicyclic) bond motifs is 1. The molecule has 0 aromatic heterocycles. The van der Waals surface area contributed by atoms with Gasteiger partial charge < -0.3 is 10.6 Å². The topological polar surface area (TPSA) is 41.1 Å². The molecular weight excluding hydrogens is 236 g/mol. The normalized spacial score (nSPS) is 19.8. The number of amides is 1. The van der Waals surface area contributed by atoms with Gasteiger partial charge in [-0.15, -0.1) is 0 Å². The SMILES string of the molecule is O=C1CC(Nc2ccc3ccccc3c2)CCCN1. The van der Waals surface area contributed by atoms with E-state index in [0.717, 1.165) is 25.1 Å². The highest BCUT2D eigenvalue weighted by Crippen LogP contribution is 2.21. The van der Waals surface area contributed by atoms with Crippen molar-refractivity contribution >= 4 is 22.4 Å². The molecule has 2 N–H and O–H groups in total. The zero-order chi connectivity index (χ0) is 13.1. The van der Waals surface area contributed by atoms with Crippen LogP contribution in [-0.4, -0.2) is 18.5 Å². The molecule has 1 saturated heterocycles. The van der Waals surface area contributed by atoms with Crippen molar-refractivity contribution in [2.24, 2.45) is 0 Å². The van der Waals surface area contributed by atoms with Crippen LogP contribution in [0.2, 0.25) is 0 Å². The summed E-state index contributed by atoms with van der Waals surface area (Å²) in [4.78, 5) is 11.5. The van der Waals surface area contributed by atoms with Crippen molar-refractivity contribution in [2.45, 2.75) is 25.3 Å². The lowest BCUT2D eigenvalue weighted by atomic mass is 10.1. The minimum Gasteiger partial charge on any atom is -0.382 e. The minimum atomic E-state index is 0.149. The van der Waals surface area contributed by atoms with Crippen LogP contribution in [-0.2, 0) is 4.79 Å². The van der Waals surface area contributed by atoms with Crippen molar-refractivity contribution in [3.63, 3.8) is 0 Å². The molecule has 1 unspecified atom stereocenters. The summed E-state index contributed by atoms with van der Waals surface area (Å²) in [6.07, 6.45) is 2.63. The highest BCUT2D eigenvalue weighted by atomic mass is 16.1. The van der Waals surface area contributed by atoms with E-state index in [-0.39, 0.29) is 11.9 Å². The van der Waals surface area contributed by atoms with E-state index < -0.39 is 0 Å². The van der Waals surface area contributed by atoms with Crippen molar-refractivity contribution in [2.75, 3.05) is 11.9 Å². The second kappa shape index (κ2) is 5.31. The molecule has 0 saturated carbocycles. The summed E-state index contributed by atoms with van der Waals surface area (Å²) in [5.74, 6) is 0.149. The quantitative estimate of drug-likeness (QED) is 0.865. The third-order valence-corrected chi connectivity index (χ3v) is 3.60. The largest absolute Gasteiger partial charge is 0.382 e. The number of carbonyl (C=O) groups excluding carboxylic acids is 1. The number of rotatable bonds is 2. The van der Waals surface area contributed by atoms with Crippen LogP contribution in [0.15, 0.2) is 42.5 Å². The summed E-state index contributed by atoms with van der Waals surface area (Å²) in [5.41, 5.74) is 1.10. The smallest absolute Gasteiger partial charge is 0.222 e. The molecule has 3 rings (SSSR count). The lowest BCUT2D eigenvalue weighted by Gasteiger charge is -2.17. The second-order valence-electron chi connectivity index (χ2n) is 5.10. The Morgan fingerprint density at radius 2 is 1.95 bits per heavy atom. The van der Waals surface area contributed by atoms with Crippen molar-refractivity contribution in [3.8, 4) is 0 Å². The van der Waals surface area contributed by atoms with E-state index in [1.165, 1.54) is 10.8 Å². The summed E-state index contributed by atoms with van der Waals surface area (Å²) >= 11 is 0. The highest BCUT2D eigenvalue weighted by molar-refractivity contribution is 5.85. The predicted octanol–water partition coefficient (Wildman–Crippen LogP) is 2.92. The third kappa shape index (κ3) is 2.87. The first-order chi connectivity index (χ1) is 9.31. The van der Waals surface area contributed by atoms with Gasteiger partial charge in [-0.3, -0.25) is 4.79 Å². The van der Waals surface area contributed by atoms with Crippen LogP contribution in [0.3, 0.4) is 0 Å². The molecule has 3 nitrogen and oxygen atoms in total. The van der Waals surface area contributed by atoms with Gasteiger partial charge in [0.2, 0.25) is 5.91 Å². The van der Waals surface area contributed by atoms with Crippen molar-refractivity contribution in [1.29, 1.82) is 0 Å². The maximum atomic E-state index is 11.5. The molecule has 0 bridgehead atoms. The first-order valence-corrected chi connectivity index (χ1v) is 6.83. The van der Waals surface area contributed by atoms with Gasteiger partial charge in [-0.05, 0) is 35.7 Å². The molecule has 1 heterocycles. The second-order valence-corrected chi connectivity index (χ2v) is 5.10. The Bertz CT molecular complexity index is 594. The standard InChI is InChI=1S/C16H18N2O/c19-16-11-14(6-3-9-17-16)18-15-8-7-12-4-1-2-5-13(12)10-15/h1-2,4-5,7-8,10,14,18H,3,6,9,11H2,(H,17,19). The van der Waals surface area contributed by atoms with Gasteiger partial charge in [-0.1, -0.05) is 30.3 Å². The Morgan fingerprint density at radius 3 is 2.84 bits per heavy atom. The Labute approximate surface area is 113 Å². The maximum absolute atomic E-state index is 11.5. The van der Waals surface area contributed by atoms with Crippen molar-refractivity contribution in [1.82, 2.24) is 5.32 Å². The number of anilines is 1. The molecule has 2 aromatic carbocycles. The van der Waals surface area contributed by atoms with E-state index in [1.807, 2.05) is 12.1 Å². The molecule has 19 heavy (non-hydrogen) atoms. The fraction of sp³-hybridized carbons (Fsp3) is 0.312. The molecule has 1 atom stereocenters. The number of nitrogens with one attached hydrogen (secondary N) is 2. The minimum absolute atomic E-state index is 0.149. The average molecular weight is 254 g/mol. The molecule has 1 amide bonds. The van der Waals surface area contributed by atoms with E-state index in [9.17, 15) is 4.79 Å². The number of carbonyl (C=O) groups is 1. The number of hydrogen-bond acceptors (Lipinski definition) is 2. The molecular formula is C16H18N2O. The third-order valence-electron chi connectivity index (χ3n) is 3.60. The molecule has 0 spiro atoms.